The molecule has 0 aliphatic rings. The Bertz CT molecular complexity index is 759. The van der Waals surface area contributed by atoms with Crippen molar-refractivity contribution in [1.82, 2.24) is 0 Å². The van der Waals surface area contributed by atoms with E-state index in [1.807, 2.05) is 6.07 Å². The Hall–Kier alpha value is -3.26. The fraction of sp³-hybridized carbons (Fsp3) is 0.111. The molecule has 0 unspecified atom stereocenters. The SMILES string of the molecule is COc1ccc(/C=C(\C#N)C(=O)Nc2cccc(OC)c2)cc1. The van der Waals surface area contributed by atoms with Crippen LogP contribution in [0.4, 0.5) is 5.69 Å². The van der Waals surface area contributed by atoms with Crippen LogP contribution in [0, 0.1) is 11.3 Å². The summed E-state index contributed by atoms with van der Waals surface area (Å²) in [5.41, 5.74) is 1.31. The summed E-state index contributed by atoms with van der Waals surface area (Å²) in [6.07, 6.45) is 1.52. The van der Waals surface area contributed by atoms with Gasteiger partial charge in [-0.15, -0.1) is 0 Å². The summed E-state index contributed by atoms with van der Waals surface area (Å²) >= 11 is 0. The molecule has 2 aromatic rings. The molecular weight excluding hydrogens is 292 g/mol. The highest BCUT2D eigenvalue weighted by molar-refractivity contribution is 6.09. The number of hydrogen-bond donors (Lipinski definition) is 1. The molecule has 5 heteroatoms. The Balaban J connectivity index is 2.17. The highest BCUT2D eigenvalue weighted by atomic mass is 16.5. The standard InChI is InChI=1S/C18H16N2O3/c1-22-16-8-6-13(7-9-16)10-14(12-19)18(21)20-15-4-3-5-17(11-15)23-2/h3-11H,1-2H3,(H,20,21)/b14-10+. The van der Waals surface area contributed by atoms with Crippen molar-refractivity contribution in [2.45, 2.75) is 0 Å². The number of carbonyl (C=O) groups is 1. The number of benzene rings is 2. The number of anilines is 1. The van der Waals surface area contributed by atoms with Crippen molar-refractivity contribution in [1.29, 1.82) is 5.26 Å². The van der Waals surface area contributed by atoms with Crippen molar-refractivity contribution in [2.75, 3.05) is 19.5 Å². The average Bonchev–Trinajstić information content (AvgIpc) is 2.60. The number of methoxy groups -OCH3 is 2. The van der Waals surface area contributed by atoms with Gasteiger partial charge >= 0.3 is 0 Å². The third-order valence-electron chi connectivity index (χ3n) is 3.12. The zero-order chi connectivity index (χ0) is 16.7. The average molecular weight is 308 g/mol. The Kier molecular flexibility index (Phi) is 5.37. The van der Waals surface area contributed by atoms with E-state index in [-0.39, 0.29) is 5.57 Å². The van der Waals surface area contributed by atoms with Crippen molar-refractivity contribution < 1.29 is 14.3 Å². The highest BCUT2D eigenvalue weighted by Crippen LogP contribution is 2.18. The zero-order valence-electron chi connectivity index (χ0n) is 12.9. The summed E-state index contributed by atoms with van der Waals surface area (Å²) in [6, 6.07) is 15.9. The maximum absolute atomic E-state index is 12.2. The van der Waals surface area contributed by atoms with Crippen LogP contribution in [0.2, 0.25) is 0 Å². The predicted octanol–water partition coefficient (Wildman–Crippen LogP) is 3.25. The van der Waals surface area contributed by atoms with E-state index in [1.165, 1.54) is 6.08 Å². The molecular formula is C18H16N2O3. The van der Waals surface area contributed by atoms with Gasteiger partial charge < -0.3 is 14.8 Å². The number of amides is 1. The quantitative estimate of drug-likeness (QED) is 0.680. The van der Waals surface area contributed by atoms with Gasteiger partial charge in [0.05, 0.1) is 14.2 Å². The number of nitrogens with zero attached hydrogens (tertiary/aromatic N) is 1. The molecule has 0 aromatic heterocycles. The summed E-state index contributed by atoms with van der Waals surface area (Å²) in [5, 5.41) is 11.9. The number of carbonyl (C=O) groups excluding carboxylic acids is 1. The molecule has 0 atom stereocenters. The van der Waals surface area contributed by atoms with Gasteiger partial charge in [-0.2, -0.15) is 5.26 Å². The number of rotatable bonds is 5. The van der Waals surface area contributed by atoms with Gasteiger partial charge in [0.2, 0.25) is 0 Å². The van der Waals surface area contributed by atoms with Gasteiger partial charge in [-0.05, 0) is 35.9 Å². The van der Waals surface area contributed by atoms with Gasteiger partial charge in [0.25, 0.3) is 5.91 Å². The molecule has 0 saturated heterocycles. The van der Waals surface area contributed by atoms with Gasteiger partial charge in [0.15, 0.2) is 0 Å². The van der Waals surface area contributed by atoms with Gasteiger partial charge in [0, 0.05) is 11.8 Å². The molecule has 5 nitrogen and oxygen atoms in total. The van der Waals surface area contributed by atoms with E-state index >= 15 is 0 Å². The first-order chi connectivity index (χ1) is 11.2. The third-order valence-corrected chi connectivity index (χ3v) is 3.12. The first kappa shape index (κ1) is 16.1. The number of nitrogens with one attached hydrogen (secondary N) is 1. The van der Waals surface area contributed by atoms with E-state index in [0.29, 0.717) is 17.2 Å². The lowest BCUT2D eigenvalue weighted by atomic mass is 10.1. The lowest BCUT2D eigenvalue weighted by Crippen LogP contribution is -2.13. The van der Waals surface area contributed by atoms with Crippen LogP contribution in [0.25, 0.3) is 6.08 Å². The predicted molar refractivity (Wildman–Crippen MR) is 88.2 cm³/mol. The molecule has 1 N–H and O–H groups in total. The Morgan fingerprint density at radius 2 is 1.78 bits per heavy atom. The second-order valence-corrected chi connectivity index (χ2v) is 4.63. The minimum absolute atomic E-state index is 0.0120. The van der Waals surface area contributed by atoms with E-state index in [9.17, 15) is 10.1 Å². The minimum atomic E-state index is -0.475. The lowest BCUT2D eigenvalue weighted by Gasteiger charge is -2.06. The number of ether oxygens (including phenoxy) is 2. The van der Waals surface area contributed by atoms with Crippen LogP contribution < -0.4 is 14.8 Å². The van der Waals surface area contributed by atoms with Gasteiger partial charge in [0.1, 0.15) is 23.1 Å². The zero-order valence-corrected chi connectivity index (χ0v) is 12.9. The molecule has 0 fully saturated rings. The van der Waals surface area contributed by atoms with Gasteiger partial charge in [-0.1, -0.05) is 18.2 Å². The normalized spacial score (nSPS) is 10.6. The topological polar surface area (TPSA) is 71.3 Å². The van der Waals surface area contributed by atoms with Crippen molar-refractivity contribution in [3.8, 4) is 17.6 Å². The molecule has 0 aliphatic carbocycles. The smallest absolute Gasteiger partial charge is 0.266 e. The summed E-state index contributed by atoms with van der Waals surface area (Å²) in [6.45, 7) is 0. The Labute approximate surface area is 134 Å². The fourth-order valence-electron chi connectivity index (χ4n) is 1.91. The maximum Gasteiger partial charge on any atom is 0.266 e. The Morgan fingerprint density at radius 3 is 2.39 bits per heavy atom. The molecule has 116 valence electrons. The monoisotopic (exact) mass is 308 g/mol. The van der Waals surface area contributed by atoms with E-state index in [1.54, 1.807) is 62.8 Å². The van der Waals surface area contributed by atoms with E-state index < -0.39 is 5.91 Å². The summed E-state index contributed by atoms with van der Waals surface area (Å²) in [7, 11) is 3.12. The van der Waals surface area contributed by atoms with Gasteiger partial charge in [-0.25, -0.2) is 0 Å². The third kappa shape index (κ3) is 4.35. The summed E-state index contributed by atoms with van der Waals surface area (Å²) < 4.78 is 10.2. The molecule has 2 aromatic carbocycles. The number of nitriles is 1. The maximum atomic E-state index is 12.2. The molecule has 0 heterocycles. The largest absolute Gasteiger partial charge is 0.497 e. The van der Waals surface area contributed by atoms with Crippen LogP contribution >= 0.6 is 0 Å². The second-order valence-electron chi connectivity index (χ2n) is 4.63. The summed E-state index contributed by atoms with van der Waals surface area (Å²) in [5.74, 6) is 0.860. The van der Waals surface area contributed by atoms with Crippen molar-refractivity contribution in [3.05, 3.63) is 59.7 Å². The van der Waals surface area contributed by atoms with Crippen LogP contribution in [-0.4, -0.2) is 20.1 Å². The molecule has 1 amide bonds. The molecule has 0 saturated carbocycles. The lowest BCUT2D eigenvalue weighted by molar-refractivity contribution is -0.112. The van der Waals surface area contributed by atoms with Crippen molar-refractivity contribution in [3.63, 3.8) is 0 Å². The van der Waals surface area contributed by atoms with Crippen LogP contribution in [-0.2, 0) is 4.79 Å². The first-order valence-electron chi connectivity index (χ1n) is 6.87. The fourth-order valence-corrected chi connectivity index (χ4v) is 1.91. The molecule has 0 aliphatic heterocycles. The minimum Gasteiger partial charge on any atom is -0.497 e. The molecule has 0 spiro atoms. The molecule has 0 bridgehead atoms. The Morgan fingerprint density at radius 1 is 1.09 bits per heavy atom. The summed E-state index contributed by atoms with van der Waals surface area (Å²) in [4.78, 5) is 12.2. The van der Waals surface area contributed by atoms with Gasteiger partial charge in [-0.3, -0.25) is 4.79 Å². The van der Waals surface area contributed by atoms with E-state index in [0.717, 1.165) is 5.56 Å². The second kappa shape index (κ2) is 7.66. The van der Waals surface area contributed by atoms with E-state index in [4.69, 9.17) is 9.47 Å². The van der Waals surface area contributed by atoms with Crippen molar-refractivity contribution >= 4 is 17.7 Å². The van der Waals surface area contributed by atoms with E-state index in [2.05, 4.69) is 5.32 Å². The van der Waals surface area contributed by atoms with Crippen LogP contribution in [0.15, 0.2) is 54.1 Å². The first-order valence-corrected chi connectivity index (χ1v) is 6.87. The number of hydrogen-bond acceptors (Lipinski definition) is 4. The van der Waals surface area contributed by atoms with Crippen molar-refractivity contribution in [2.24, 2.45) is 0 Å². The molecule has 2 rings (SSSR count). The van der Waals surface area contributed by atoms with Crippen LogP contribution in [0.1, 0.15) is 5.56 Å². The van der Waals surface area contributed by atoms with Crippen LogP contribution in [0.5, 0.6) is 11.5 Å². The van der Waals surface area contributed by atoms with Crippen LogP contribution in [0.3, 0.4) is 0 Å². The molecule has 0 radical (unpaired) electrons. The highest BCUT2D eigenvalue weighted by Gasteiger charge is 2.10. The molecule has 23 heavy (non-hydrogen) atoms.